The van der Waals surface area contributed by atoms with E-state index in [0.717, 1.165) is 17.2 Å². The number of ketones is 1. The Labute approximate surface area is 199 Å². The molecular formula is C26H18ClN3O4. The number of rotatable bonds is 6. The maximum atomic E-state index is 13.5. The van der Waals surface area contributed by atoms with Gasteiger partial charge in [-0.1, -0.05) is 48.0 Å². The first-order valence-electron chi connectivity index (χ1n) is 10.5. The number of amides is 1. The summed E-state index contributed by atoms with van der Waals surface area (Å²) in [6.07, 6.45) is 2.80. The van der Waals surface area contributed by atoms with Gasteiger partial charge in [0.2, 0.25) is 0 Å². The fourth-order valence-electron chi connectivity index (χ4n) is 4.00. The normalized spacial score (nSPS) is 13.0. The number of carbonyl (C=O) groups excluding carboxylic acids is 3. The van der Waals surface area contributed by atoms with Crippen LogP contribution in [0, 0.1) is 0 Å². The molecule has 168 valence electrons. The zero-order valence-corrected chi connectivity index (χ0v) is 18.6. The predicted octanol–water partition coefficient (Wildman–Crippen LogP) is 4.14. The van der Waals surface area contributed by atoms with Gasteiger partial charge in [0.15, 0.2) is 0 Å². The molecule has 1 aliphatic rings. The molecule has 4 aromatic rings. The van der Waals surface area contributed by atoms with Crippen molar-refractivity contribution in [2.24, 2.45) is 0 Å². The number of nitrogens with zero attached hydrogens (tertiary/aromatic N) is 2. The summed E-state index contributed by atoms with van der Waals surface area (Å²) in [5.41, 5.74) is 3.33. The van der Waals surface area contributed by atoms with Crippen molar-refractivity contribution in [3.63, 3.8) is 0 Å². The van der Waals surface area contributed by atoms with Crippen molar-refractivity contribution >= 4 is 40.2 Å². The van der Waals surface area contributed by atoms with E-state index in [1.807, 2.05) is 47.0 Å². The largest absolute Gasteiger partial charge is 0.456 e. The van der Waals surface area contributed by atoms with Crippen molar-refractivity contribution in [3.05, 3.63) is 101 Å². The van der Waals surface area contributed by atoms with Gasteiger partial charge < -0.3 is 14.6 Å². The molecule has 1 aliphatic heterocycles. The molecule has 1 amide bonds. The molecule has 0 fully saturated rings. The van der Waals surface area contributed by atoms with Gasteiger partial charge in [-0.2, -0.15) is 0 Å². The third kappa shape index (κ3) is 4.09. The van der Waals surface area contributed by atoms with Gasteiger partial charge in [0.1, 0.15) is 6.61 Å². The van der Waals surface area contributed by atoms with Crippen LogP contribution in [0.15, 0.2) is 84.7 Å². The highest BCUT2D eigenvalue weighted by Gasteiger charge is 2.29. The van der Waals surface area contributed by atoms with E-state index < -0.39 is 17.7 Å². The molecule has 0 unspecified atom stereocenters. The van der Waals surface area contributed by atoms with Crippen LogP contribution in [0.5, 0.6) is 0 Å². The summed E-state index contributed by atoms with van der Waals surface area (Å²) >= 11 is 6.06. The maximum absolute atomic E-state index is 13.5. The van der Waals surface area contributed by atoms with Crippen LogP contribution in [-0.2, 0) is 20.9 Å². The average Bonchev–Trinajstić information content (AvgIpc) is 3.41. The number of hydrogen-bond acceptors (Lipinski definition) is 5. The molecule has 3 heterocycles. The number of carbonyl (C=O) groups is 3. The fourth-order valence-corrected chi connectivity index (χ4v) is 4.13. The molecule has 2 aromatic heterocycles. The highest BCUT2D eigenvalue weighted by molar-refractivity contribution is 6.46. The summed E-state index contributed by atoms with van der Waals surface area (Å²) in [6, 6.07) is 20.3. The number of benzene rings is 2. The Morgan fingerprint density at radius 3 is 2.50 bits per heavy atom. The lowest BCUT2D eigenvalue weighted by atomic mass is 10.0. The van der Waals surface area contributed by atoms with Gasteiger partial charge in [-0.05, 0) is 35.9 Å². The zero-order chi connectivity index (χ0) is 23.7. The van der Waals surface area contributed by atoms with Crippen LogP contribution < -0.4 is 5.32 Å². The molecule has 0 spiro atoms. The van der Waals surface area contributed by atoms with E-state index in [0.29, 0.717) is 28.3 Å². The van der Waals surface area contributed by atoms with Gasteiger partial charge in [0.05, 0.1) is 22.6 Å². The Morgan fingerprint density at radius 2 is 1.79 bits per heavy atom. The molecule has 2 aromatic carbocycles. The number of Topliss-reactive ketones (excluding diaryl/α,β-unsaturated/α-hetero) is 1. The topological polar surface area (TPSA) is 90.3 Å². The van der Waals surface area contributed by atoms with Gasteiger partial charge in [-0.15, -0.1) is 0 Å². The van der Waals surface area contributed by atoms with Crippen molar-refractivity contribution in [1.29, 1.82) is 0 Å². The highest BCUT2D eigenvalue weighted by Crippen LogP contribution is 2.34. The average molecular weight is 472 g/mol. The summed E-state index contributed by atoms with van der Waals surface area (Å²) in [6.45, 7) is 0.356. The molecule has 0 saturated heterocycles. The van der Waals surface area contributed by atoms with Crippen molar-refractivity contribution in [2.45, 2.75) is 6.54 Å². The van der Waals surface area contributed by atoms with Crippen molar-refractivity contribution in [2.75, 3.05) is 6.61 Å². The molecule has 7 nitrogen and oxygen atoms in total. The summed E-state index contributed by atoms with van der Waals surface area (Å²) in [7, 11) is 0. The second-order valence-corrected chi connectivity index (χ2v) is 8.17. The van der Waals surface area contributed by atoms with E-state index in [-0.39, 0.29) is 17.9 Å². The summed E-state index contributed by atoms with van der Waals surface area (Å²) in [5.74, 6) is -2.14. The lowest BCUT2D eigenvalue weighted by Gasteiger charge is -2.12. The predicted molar refractivity (Wildman–Crippen MR) is 127 cm³/mol. The Morgan fingerprint density at radius 1 is 1.03 bits per heavy atom. The zero-order valence-electron chi connectivity index (χ0n) is 17.8. The molecule has 0 saturated carbocycles. The third-order valence-corrected chi connectivity index (χ3v) is 5.75. The van der Waals surface area contributed by atoms with E-state index >= 15 is 0 Å². The Bertz CT molecular complexity index is 1460. The minimum absolute atomic E-state index is 0.0801. The first-order valence-corrected chi connectivity index (χ1v) is 10.9. The lowest BCUT2D eigenvalue weighted by molar-refractivity contribution is -0.135. The number of nitrogens with one attached hydrogen (secondary N) is 1. The first kappa shape index (κ1) is 21.6. The van der Waals surface area contributed by atoms with Crippen LogP contribution >= 0.6 is 11.6 Å². The van der Waals surface area contributed by atoms with Gasteiger partial charge in [-0.25, -0.2) is 4.79 Å². The molecule has 0 aliphatic carbocycles. The first-order chi connectivity index (χ1) is 16.5. The van der Waals surface area contributed by atoms with Crippen molar-refractivity contribution < 1.29 is 19.1 Å². The van der Waals surface area contributed by atoms with E-state index in [4.69, 9.17) is 16.3 Å². The molecule has 34 heavy (non-hydrogen) atoms. The number of aromatic nitrogens is 2. The minimum Gasteiger partial charge on any atom is -0.456 e. The smallest absolute Gasteiger partial charge is 0.333 e. The second kappa shape index (κ2) is 8.96. The molecule has 0 atom stereocenters. The number of fused-ring (bicyclic) bond motifs is 1. The van der Waals surface area contributed by atoms with Crippen molar-refractivity contribution in [3.8, 4) is 11.4 Å². The number of esters is 1. The van der Waals surface area contributed by atoms with Crippen LogP contribution in [0.4, 0.5) is 0 Å². The number of pyridine rings is 1. The quantitative estimate of drug-likeness (QED) is 0.259. The van der Waals surface area contributed by atoms with Crippen LogP contribution in [-0.4, -0.2) is 33.8 Å². The SMILES string of the molecule is O=C1C=C(NC(=O)C(=O)c2c(-c3ccccn3)n(Cc3ccc(Cl)cc3)c3ccccc23)CO1. The van der Waals surface area contributed by atoms with Crippen LogP contribution in [0.3, 0.4) is 0 Å². The third-order valence-electron chi connectivity index (χ3n) is 5.50. The molecule has 0 bridgehead atoms. The van der Waals surface area contributed by atoms with E-state index in [9.17, 15) is 14.4 Å². The maximum Gasteiger partial charge on any atom is 0.333 e. The van der Waals surface area contributed by atoms with Gasteiger partial charge in [-0.3, -0.25) is 14.6 Å². The summed E-state index contributed by atoms with van der Waals surface area (Å²) in [4.78, 5) is 42.2. The number of para-hydroxylation sites is 1. The highest BCUT2D eigenvalue weighted by atomic mass is 35.5. The van der Waals surface area contributed by atoms with Crippen LogP contribution in [0.2, 0.25) is 5.02 Å². The van der Waals surface area contributed by atoms with Gasteiger partial charge in [0, 0.05) is 34.7 Å². The Hall–Kier alpha value is -4.23. The fraction of sp³-hybridized carbons (Fsp3) is 0.0769. The molecule has 0 radical (unpaired) electrons. The number of hydrogen-bond donors (Lipinski definition) is 1. The number of halogens is 1. The Balaban J connectivity index is 1.67. The Kier molecular flexibility index (Phi) is 5.69. The summed E-state index contributed by atoms with van der Waals surface area (Å²) in [5, 5.41) is 3.76. The summed E-state index contributed by atoms with van der Waals surface area (Å²) < 4.78 is 6.79. The number of cyclic esters (lactones) is 1. The van der Waals surface area contributed by atoms with Crippen LogP contribution in [0.1, 0.15) is 15.9 Å². The number of ether oxygens (including phenoxy) is 1. The standard InChI is InChI=1S/C26H18ClN3O4/c27-17-10-8-16(9-11-17)14-30-21-7-2-1-5-19(21)23(24(30)20-6-3-4-12-28-20)25(32)26(33)29-18-13-22(31)34-15-18/h1-13H,14-15H2,(H,29,33). The van der Waals surface area contributed by atoms with Gasteiger partial charge in [0.25, 0.3) is 11.7 Å². The van der Waals surface area contributed by atoms with E-state index in [2.05, 4.69) is 10.3 Å². The minimum atomic E-state index is -0.851. The van der Waals surface area contributed by atoms with Crippen molar-refractivity contribution in [1.82, 2.24) is 14.9 Å². The second-order valence-electron chi connectivity index (χ2n) is 7.73. The molecular weight excluding hydrogens is 454 g/mol. The lowest BCUT2D eigenvalue weighted by Crippen LogP contribution is -2.31. The monoisotopic (exact) mass is 471 g/mol. The molecule has 5 rings (SSSR count). The van der Waals surface area contributed by atoms with E-state index in [1.165, 1.54) is 0 Å². The molecule has 8 heteroatoms. The van der Waals surface area contributed by atoms with Crippen LogP contribution in [0.25, 0.3) is 22.3 Å². The molecule has 1 N–H and O–H groups in total. The van der Waals surface area contributed by atoms with E-state index in [1.54, 1.807) is 30.5 Å². The van der Waals surface area contributed by atoms with Gasteiger partial charge >= 0.3 is 5.97 Å².